The number of amides is 2. The van der Waals surface area contributed by atoms with Gasteiger partial charge in [-0.2, -0.15) is 0 Å². The molecule has 2 aromatic rings. The molecule has 0 aliphatic heterocycles. The molecule has 1 atom stereocenters. The van der Waals surface area contributed by atoms with Gasteiger partial charge in [-0.3, -0.25) is 14.6 Å². The van der Waals surface area contributed by atoms with E-state index in [1.807, 2.05) is 20.8 Å². The maximum Gasteiger partial charge on any atom is 0.292 e. The van der Waals surface area contributed by atoms with E-state index in [1.165, 1.54) is 17.5 Å². The molecule has 1 N–H and O–H groups in total. The largest absolute Gasteiger partial charge is 0.438 e. The number of methoxy groups -OCH3 is 1. The molecule has 8 heteroatoms. The second-order valence-electron chi connectivity index (χ2n) is 6.68. The van der Waals surface area contributed by atoms with Crippen molar-refractivity contribution in [1.82, 2.24) is 20.2 Å². The molecule has 0 aliphatic carbocycles. The fourth-order valence-electron chi connectivity index (χ4n) is 2.59. The number of ether oxygens (including phenoxy) is 1. The second kappa shape index (κ2) is 8.57. The molecule has 0 spiro atoms. The molecule has 2 rings (SSSR count). The van der Waals surface area contributed by atoms with Gasteiger partial charge in [-0.1, -0.05) is 0 Å². The second-order valence-corrected chi connectivity index (χ2v) is 6.68. The molecular weight excluding hydrogens is 336 g/mol. The first-order valence-electron chi connectivity index (χ1n) is 8.25. The predicted octanol–water partition coefficient (Wildman–Crippen LogP) is 1.81. The third-order valence-electron chi connectivity index (χ3n) is 3.72. The monoisotopic (exact) mass is 360 g/mol. The van der Waals surface area contributed by atoms with Crippen LogP contribution in [0.25, 0.3) is 0 Å². The molecule has 0 radical (unpaired) electrons. The zero-order chi connectivity index (χ0) is 19.2. The zero-order valence-corrected chi connectivity index (χ0v) is 15.4. The Kier molecular flexibility index (Phi) is 6.46. The van der Waals surface area contributed by atoms with Crippen LogP contribution in [-0.4, -0.2) is 52.5 Å². The van der Waals surface area contributed by atoms with Gasteiger partial charge in [-0.15, -0.1) is 0 Å². The maximum atomic E-state index is 13.1. The fraction of sp³-hybridized carbons (Fsp3) is 0.444. The van der Waals surface area contributed by atoms with Gasteiger partial charge in [-0.05, 0) is 38.5 Å². The summed E-state index contributed by atoms with van der Waals surface area (Å²) >= 11 is 0. The molecule has 0 aromatic carbocycles. The molecular formula is C18H24N4O4. The molecule has 0 fully saturated rings. The summed E-state index contributed by atoms with van der Waals surface area (Å²) in [4.78, 5) is 35.3. The SMILES string of the molecule is COCCNC(=O)C(c1ccncc1)N(C(=O)c1cnco1)C(C)(C)C. The van der Waals surface area contributed by atoms with Crippen molar-refractivity contribution in [3.8, 4) is 0 Å². The van der Waals surface area contributed by atoms with Crippen molar-refractivity contribution < 1.29 is 18.7 Å². The summed E-state index contributed by atoms with van der Waals surface area (Å²) in [7, 11) is 1.56. The molecule has 2 heterocycles. The van der Waals surface area contributed by atoms with Crippen LogP contribution in [0.5, 0.6) is 0 Å². The topological polar surface area (TPSA) is 97.6 Å². The highest BCUT2D eigenvalue weighted by Crippen LogP contribution is 2.30. The fourth-order valence-corrected chi connectivity index (χ4v) is 2.59. The summed E-state index contributed by atoms with van der Waals surface area (Å²) in [5, 5.41) is 2.81. The van der Waals surface area contributed by atoms with E-state index in [9.17, 15) is 9.59 Å². The van der Waals surface area contributed by atoms with E-state index in [2.05, 4.69) is 15.3 Å². The van der Waals surface area contributed by atoms with Crippen LogP contribution in [0.15, 0.2) is 41.5 Å². The van der Waals surface area contributed by atoms with E-state index in [0.29, 0.717) is 18.7 Å². The number of aromatic nitrogens is 2. The number of nitrogens with one attached hydrogen (secondary N) is 1. The lowest BCUT2D eigenvalue weighted by Crippen LogP contribution is -2.52. The van der Waals surface area contributed by atoms with Crippen LogP contribution in [0.4, 0.5) is 0 Å². The molecule has 2 amide bonds. The Morgan fingerprint density at radius 1 is 1.27 bits per heavy atom. The summed E-state index contributed by atoms with van der Waals surface area (Å²) in [6.45, 7) is 6.29. The summed E-state index contributed by atoms with van der Waals surface area (Å²) in [5.41, 5.74) is -0.00569. The first-order valence-corrected chi connectivity index (χ1v) is 8.25. The average Bonchev–Trinajstić information content (AvgIpc) is 3.13. The Balaban J connectivity index is 2.44. The summed E-state index contributed by atoms with van der Waals surface area (Å²) < 4.78 is 10.2. The van der Waals surface area contributed by atoms with Gasteiger partial charge in [0.05, 0.1) is 12.8 Å². The molecule has 8 nitrogen and oxygen atoms in total. The smallest absolute Gasteiger partial charge is 0.292 e. The van der Waals surface area contributed by atoms with E-state index < -0.39 is 17.5 Å². The van der Waals surface area contributed by atoms with Crippen molar-refractivity contribution in [2.24, 2.45) is 0 Å². The van der Waals surface area contributed by atoms with E-state index in [-0.39, 0.29) is 11.7 Å². The van der Waals surface area contributed by atoms with Gasteiger partial charge in [0.1, 0.15) is 6.04 Å². The van der Waals surface area contributed by atoms with Crippen molar-refractivity contribution in [1.29, 1.82) is 0 Å². The number of pyridine rings is 1. The van der Waals surface area contributed by atoms with E-state index in [4.69, 9.17) is 9.15 Å². The minimum Gasteiger partial charge on any atom is -0.438 e. The Morgan fingerprint density at radius 3 is 2.50 bits per heavy atom. The van der Waals surface area contributed by atoms with Crippen LogP contribution >= 0.6 is 0 Å². The van der Waals surface area contributed by atoms with Gasteiger partial charge in [0.15, 0.2) is 6.39 Å². The number of carbonyl (C=O) groups excluding carboxylic acids is 2. The molecule has 0 bridgehead atoms. The Morgan fingerprint density at radius 2 is 1.96 bits per heavy atom. The normalized spacial score (nSPS) is 12.5. The van der Waals surface area contributed by atoms with Crippen LogP contribution in [0.3, 0.4) is 0 Å². The summed E-state index contributed by atoms with van der Waals surface area (Å²) in [6, 6.07) is 2.58. The van der Waals surface area contributed by atoms with E-state index >= 15 is 0 Å². The van der Waals surface area contributed by atoms with E-state index in [1.54, 1.807) is 31.6 Å². The first kappa shape index (κ1) is 19.6. The number of hydrogen-bond donors (Lipinski definition) is 1. The summed E-state index contributed by atoms with van der Waals surface area (Å²) in [6.07, 6.45) is 5.71. The van der Waals surface area contributed by atoms with Crippen molar-refractivity contribution in [2.75, 3.05) is 20.3 Å². The first-order chi connectivity index (χ1) is 12.4. The molecule has 0 saturated heterocycles. The Hall–Kier alpha value is -2.74. The van der Waals surface area contributed by atoms with Gasteiger partial charge in [-0.25, -0.2) is 4.98 Å². The molecule has 140 valence electrons. The molecule has 26 heavy (non-hydrogen) atoms. The molecule has 0 saturated carbocycles. The van der Waals surface area contributed by atoms with Crippen LogP contribution in [-0.2, 0) is 9.53 Å². The lowest BCUT2D eigenvalue weighted by Gasteiger charge is -2.40. The number of oxazole rings is 1. The van der Waals surface area contributed by atoms with Crippen LogP contribution in [0.2, 0.25) is 0 Å². The molecule has 2 aromatic heterocycles. The van der Waals surface area contributed by atoms with Gasteiger partial charge in [0.25, 0.3) is 5.91 Å². The standard InChI is InChI=1S/C18H24N4O4/c1-18(2,3)22(17(24)14-11-20-12-26-14)15(13-5-7-19-8-6-13)16(23)21-9-10-25-4/h5-8,11-12,15H,9-10H2,1-4H3,(H,21,23). The molecule has 0 aliphatic rings. The van der Waals surface area contributed by atoms with Gasteiger partial charge in [0.2, 0.25) is 11.7 Å². The van der Waals surface area contributed by atoms with Crippen molar-refractivity contribution >= 4 is 11.8 Å². The number of carbonyl (C=O) groups is 2. The van der Waals surface area contributed by atoms with Crippen molar-refractivity contribution in [3.05, 3.63) is 48.4 Å². The highest BCUT2D eigenvalue weighted by atomic mass is 16.5. The number of rotatable bonds is 7. The predicted molar refractivity (Wildman–Crippen MR) is 94.3 cm³/mol. The van der Waals surface area contributed by atoms with Gasteiger partial charge < -0.3 is 19.4 Å². The van der Waals surface area contributed by atoms with Crippen LogP contribution in [0.1, 0.15) is 42.9 Å². The lowest BCUT2D eigenvalue weighted by atomic mass is 9.97. The third-order valence-corrected chi connectivity index (χ3v) is 3.72. The minimum absolute atomic E-state index is 0.0728. The highest BCUT2D eigenvalue weighted by Gasteiger charge is 2.39. The van der Waals surface area contributed by atoms with Crippen molar-refractivity contribution in [3.63, 3.8) is 0 Å². The lowest BCUT2D eigenvalue weighted by molar-refractivity contribution is -0.127. The van der Waals surface area contributed by atoms with Crippen LogP contribution in [0, 0.1) is 0 Å². The quantitative estimate of drug-likeness (QED) is 0.756. The van der Waals surface area contributed by atoms with Crippen molar-refractivity contribution in [2.45, 2.75) is 32.4 Å². The maximum absolute atomic E-state index is 13.1. The Labute approximate surface area is 152 Å². The number of hydrogen-bond acceptors (Lipinski definition) is 6. The van der Waals surface area contributed by atoms with Gasteiger partial charge in [0, 0.05) is 31.6 Å². The number of nitrogens with zero attached hydrogens (tertiary/aromatic N) is 3. The molecule has 1 unspecified atom stereocenters. The highest BCUT2D eigenvalue weighted by molar-refractivity contribution is 5.96. The summed E-state index contributed by atoms with van der Waals surface area (Å²) in [5.74, 6) is -0.654. The zero-order valence-electron chi connectivity index (χ0n) is 15.4. The average molecular weight is 360 g/mol. The van der Waals surface area contributed by atoms with E-state index in [0.717, 1.165) is 0 Å². The minimum atomic E-state index is -0.854. The van der Waals surface area contributed by atoms with Gasteiger partial charge >= 0.3 is 0 Å². The Bertz CT molecular complexity index is 711. The third kappa shape index (κ3) is 4.66. The van der Waals surface area contributed by atoms with Crippen LogP contribution < -0.4 is 5.32 Å².